The molecule has 108 valence electrons. The van der Waals surface area contributed by atoms with Crippen molar-refractivity contribution in [3.8, 4) is 0 Å². The van der Waals surface area contributed by atoms with Crippen LogP contribution in [0.15, 0.2) is 16.6 Å². The van der Waals surface area contributed by atoms with Crippen LogP contribution in [-0.4, -0.2) is 45.7 Å². The van der Waals surface area contributed by atoms with E-state index in [0.29, 0.717) is 0 Å². The third-order valence-corrected chi connectivity index (χ3v) is 3.50. The normalized spacial score (nSPS) is 22.1. The summed E-state index contributed by atoms with van der Waals surface area (Å²) in [7, 11) is 0. The number of rotatable bonds is 2. The summed E-state index contributed by atoms with van der Waals surface area (Å²) in [6.45, 7) is -0.273. The van der Waals surface area contributed by atoms with Crippen molar-refractivity contribution < 1.29 is 28.6 Å². The van der Waals surface area contributed by atoms with E-state index in [2.05, 4.69) is 15.9 Å². The molecule has 1 aromatic carbocycles. The first-order valence-electron chi connectivity index (χ1n) is 5.67. The minimum atomic E-state index is -1.33. The van der Waals surface area contributed by atoms with E-state index in [1.165, 1.54) is 0 Å². The van der Waals surface area contributed by atoms with E-state index in [1.807, 2.05) is 0 Å². The summed E-state index contributed by atoms with van der Waals surface area (Å²) in [6.07, 6.45) is -1.19. The molecule has 8 heteroatoms. The fourth-order valence-corrected chi connectivity index (χ4v) is 2.56. The monoisotopic (exact) mass is 349 g/mol. The summed E-state index contributed by atoms with van der Waals surface area (Å²) >= 11 is 2.89. The Morgan fingerprint density at radius 2 is 1.85 bits per heavy atom. The highest BCUT2D eigenvalue weighted by Crippen LogP contribution is 2.25. The molecule has 2 N–H and O–H groups in total. The molecule has 1 aromatic rings. The molecule has 1 aliphatic rings. The second-order valence-electron chi connectivity index (χ2n) is 4.45. The number of aliphatic hydroxyl groups excluding tert-OH is 1. The maximum Gasteiger partial charge on any atom is 0.326 e. The lowest BCUT2D eigenvalue weighted by Crippen LogP contribution is -2.41. The Balaban J connectivity index is 2.39. The van der Waals surface area contributed by atoms with Crippen LogP contribution in [0.3, 0.4) is 0 Å². The van der Waals surface area contributed by atoms with Gasteiger partial charge in [-0.15, -0.1) is 0 Å². The van der Waals surface area contributed by atoms with Crippen LogP contribution in [0, 0.1) is 11.6 Å². The van der Waals surface area contributed by atoms with Gasteiger partial charge in [-0.2, -0.15) is 0 Å². The van der Waals surface area contributed by atoms with Gasteiger partial charge >= 0.3 is 5.97 Å². The highest BCUT2D eigenvalue weighted by atomic mass is 79.9. The Labute approximate surface area is 120 Å². The molecule has 2 atom stereocenters. The lowest BCUT2D eigenvalue weighted by molar-refractivity contribution is -0.141. The van der Waals surface area contributed by atoms with Gasteiger partial charge in [-0.25, -0.2) is 13.6 Å². The van der Waals surface area contributed by atoms with E-state index in [0.717, 1.165) is 17.0 Å². The summed E-state index contributed by atoms with van der Waals surface area (Å²) in [5.74, 6) is -4.59. The number of aliphatic carboxylic acids is 1. The van der Waals surface area contributed by atoms with Crippen LogP contribution >= 0.6 is 15.9 Å². The lowest BCUT2D eigenvalue weighted by atomic mass is 10.1. The third kappa shape index (κ3) is 2.66. The van der Waals surface area contributed by atoms with Crippen molar-refractivity contribution in [2.75, 3.05) is 6.54 Å². The van der Waals surface area contributed by atoms with Gasteiger partial charge in [-0.3, -0.25) is 4.79 Å². The summed E-state index contributed by atoms with van der Waals surface area (Å²) in [4.78, 5) is 23.9. The van der Waals surface area contributed by atoms with Crippen molar-refractivity contribution in [1.82, 2.24) is 4.90 Å². The number of aliphatic hydroxyl groups is 1. The quantitative estimate of drug-likeness (QED) is 0.845. The molecular formula is C12H10BrF2NO4. The van der Waals surface area contributed by atoms with Gasteiger partial charge in [0.25, 0.3) is 5.91 Å². The summed E-state index contributed by atoms with van der Waals surface area (Å²) < 4.78 is 27.6. The molecule has 0 unspecified atom stereocenters. The standard InChI is InChI=1S/C12H10BrF2NO4/c13-5-1-7(14)10(8(15)2-5)11(18)16-4-6(17)3-9(16)12(19)20/h1-2,6,9,17H,3-4H2,(H,19,20)/t6-,9-/m0/s1. The molecule has 1 amide bonds. The maximum atomic E-state index is 13.7. The number of carbonyl (C=O) groups excluding carboxylic acids is 1. The fourth-order valence-electron chi connectivity index (χ4n) is 2.16. The average molecular weight is 350 g/mol. The van der Waals surface area contributed by atoms with Crippen molar-refractivity contribution in [2.24, 2.45) is 0 Å². The Bertz CT molecular complexity index is 558. The maximum absolute atomic E-state index is 13.7. The SMILES string of the molecule is O=C(O)[C@@H]1C[C@H](O)CN1C(=O)c1c(F)cc(Br)cc1F. The number of hydrogen-bond donors (Lipinski definition) is 2. The summed E-state index contributed by atoms with van der Waals surface area (Å²) in [5, 5.41) is 18.4. The Morgan fingerprint density at radius 1 is 1.30 bits per heavy atom. The largest absolute Gasteiger partial charge is 0.480 e. The summed E-state index contributed by atoms with van der Waals surface area (Å²) in [6, 6.07) is 0.539. The number of hydrogen-bond acceptors (Lipinski definition) is 3. The van der Waals surface area contributed by atoms with Crippen LogP contribution in [0.5, 0.6) is 0 Å². The first kappa shape index (κ1) is 14.9. The van der Waals surface area contributed by atoms with Gasteiger partial charge < -0.3 is 15.1 Å². The number of nitrogens with zero attached hydrogens (tertiary/aromatic N) is 1. The second kappa shape index (κ2) is 5.45. The van der Waals surface area contributed by atoms with Gasteiger partial charge in [0.1, 0.15) is 23.2 Å². The molecule has 0 spiro atoms. The smallest absolute Gasteiger partial charge is 0.326 e. The molecule has 2 rings (SSSR count). The Morgan fingerprint density at radius 3 is 2.35 bits per heavy atom. The van der Waals surface area contributed by atoms with Gasteiger partial charge in [0, 0.05) is 17.4 Å². The van der Waals surface area contributed by atoms with E-state index in [9.17, 15) is 23.5 Å². The number of amides is 1. The number of halogens is 3. The number of β-amino-alcohol motifs (C(OH)–C–C–N with tert-alkyl or cyclic N) is 1. The van der Waals surface area contributed by atoms with E-state index in [-0.39, 0.29) is 17.4 Å². The number of carboxylic acids is 1. The predicted molar refractivity (Wildman–Crippen MR) is 67.1 cm³/mol. The van der Waals surface area contributed by atoms with Crippen LogP contribution in [0.2, 0.25) is 0 Å². The molecule has 20 heavy (non-hydrogen) atoms. The Kier molecular flexibility index (Phi) is 4.05. The summed E-state index contributed by atoms with van der Waals surface area (Å²) in [5.41, 5.74) is -0.825. The van der Waals surface area contributed by atoms with E-state index in [1.54, 1.807) is 0 Å². The molecule has 0 aromatic heterocycles. The zero-order valence-corrected chi connectivity index (χ0v) is 11.6. The molecule has 0 bridgehead atoms. The zero-order chi connectivity index (χ0) is 15.0. The van der Waals surface area contributed by atoms with Crippen LogP contribution in [0.25, 0.3) is 0 Å². The molecular weight excluding hydrogens is 340 g/mol. The number of likely N-dealkylation sites (tertiary alicyclic amines) is 1. The van der Waals surface area contributed by atoms with Crippen LogP contribution in [0.1, 0.15) is 16.8 Å². The molecule has 0 aliphatic carbocycles. The molecule has 1 fully saturated rings. The first-order chi connectivity index (χ1) is 9.31. The number of carbonyl (C=O) groups is 2. The van der Waals surface area contributed by atoms with Crippen molar-refractivity contribution >= 4 is 27.8 Å². The lowest BCUT2D eigenvalue weighted by Gasteiger charge is -2.21. The molecule has 5 nitrogen and oxygen atoms in total. The van der Waals surface area contributed by atoms with E-state index < -0.39 is 41.2 Å². The fraction of sp³-hybridized carbons (Fsp3) is 0.333. The van der Waals surface area contributed by atoms with Gasteiger partial charge in [0.2, 0.25) is 0 Å². The van der Waals surface area contributed by atoms with Gasteiger partial charge in [0.05, 0.1) is 6.10 Å². The highest BCUT2D eigenvalue weighted by molar-refractivity contribution is 9.10. The van der Waals surface area contributed by atoms with E-state index in [4.69, 9.17) is 5.11 Å². The van der Waals surface area contributed by atoms with Crippen molar-refractivity contribution in [2.45, 2.75) is 18.6 Å². The van der Waals surface area contributed by atoms with Crippen LogP contribution < -0.4 is 0 Å². The molecule has 1 aliphatic heterocycles. The minimum absolute atomic E-state index is 0.125. The van der Waals surface area contributed by atoms with E-state index >= 15 is 0 Å². The second-order valence-corrected chi connectivity index (χ2v) is 5.36. The van der Waals surface area contributed by atoms with Crippen LogP contribution in [0.4, 0.5) is 8.78 Å². The van der Waals surface area contributed by atoms with Gasteiger partial charge in [-0.1, -0.05) is 15.9 Å². The topological polar surface area (TPSA) is 77.8 Å². The molecule has 1 heterocycles. The predicted octanol–water partition coefficient (Wildman–Crippen LogP) is 1.39. The highest BCUT2D eigenvalue weighted by Gasteiger charge is 2.40. The zero-order valence-electron chi connectivity index (χ0n) is 10.0. The van der Waals surface area contributed by atoms with Crippen LogP contribution in [-0.2, 0) is 4.79 Å². The number of carboxylic acid groups (broad SMARTS) is 1. The van der Waals surface area contributed by atoms with Crippen molar-refractivity contribution in [1.29, 1.82) is 0 Å². The first-order valence-corrected chi connectivity index (χ1v) is 6.47. The van der Waals surface area contributed by atoms with Crippen molar-refractivity contribution in [3.63, 3.8) is 0 Å². The Hall–Kier alpha value is -1.54. The molecule has 0 saturated carbocycles. The van der Waals surface area contributed by atoms with Crippen molar-refractivity contribution in [3.05, 3.63) is 33.8 Å². The average Bonchev–Trinajstić information content (AvgIpc) is 2.70. The van der Waals surface area contributed by atoms with Gasteiger partial charge in [0.15, 0.2) is 0 Å². The molecule has 0 radical (unpaired) electrons. The van der Waals surface area contributed by atoms with Gasteiger partial charge in [-0.05, 0) is 12.1 Å². The number of benzene rings is 1. The third-order valence-electron chi connectivity index (χ3n) is 3.05. The minimum Gasteiger partial charge on any atom is -0.480 e. The molecule has 1 saturated heterocycles.